The zero-order valence-corrected chi connectivity index (χ0v) is 51.9. The summed E-state index contributed by atoms with van der Waals surface area (Å²) in [5.74, 6) is -1.98. The van der Waals surface area contributed by atoms with Gasteiger partial charge in [-0.1, -0.05) is 301 Å². The molecule has 0 saturated heterocycles. The van der Waals surface area contributed by atoms with Crippen LogP contribution in [0.4, 0.5) is 0 Å². The number of likely N-dealkylation sites (N-methyl/N-ethyl adjacent to an activating group) is 1. The molecule has 0 bridgehead atoms. The Kier molecular flexibility index (Phi) is 58.1. The predicted molar refractivity (Wildman–Crippen MR) is 328 cm³/mol. The molecule has 0 rings (SSSR count). The molecule has 0 aliphatic carbocycles. The van der Waals surface area contributed by atoms with Gasteiger partial charge < -0.3 is 28.5 Å². The lowest BCUT2D eigenvalue weighted by Gasteiger charge is -2.25. The number of ether oxygens (including phenoxy) is 4. The Bertz CT molecular complexity index is 1310. The zero-order valence-electron chi connectivity index (χ0n) is 51.9. The Balaban J connectivity index is 4.10. The molecule has 77 heavy (non-hydrogen) atoms. The number of hydrogen-bond acceptors (Lipinski definition) is 7. The number of allylic oxidation sites excluding steroid dienone is 4. The van der Waals surface area contributed by atoms with Crippen molar-refractivity contribution in [2.24, 2.45) is 0 Å². The van der Waals surface area contributed by atoms with E-state index in [0.717, 1.165) is 44.9 Å². The van der Waals surface area contributed by atoms with Crippen LogP contribution in [-0.4, -0.2) is 87.4 Å². The molecule has 9 heteroatoms. The van der Waals surface area contributed by atoms with Gasteiger partial charge in [0.05, 0.1) is 34.4 Å². The van der Waals surface area contributed by atoms with Crippen LogP contribution in [0.5, 0.6) is 0 Å². The van der Waals surface area contributed by atoms with Crippen LogP contribution in [0, 0.1) is 0 Å². The van der Waals surface area contributed by atoms with Gasteiger partial charge in [0.15, 0.2) is 6.10 Å². The number of nitrogens with zero attached hydrogens (tertiary/aromatic N) is 1. The number of carboxylic acids is 1. The van der Waals surface area contributed by atoms with E-state index in [-0.39, 0.29) is 38.2 Å². The summed E-state index contributed by atoms with van der Waals surface area (Å²) in [6.45, 7) is 4.94. The van der Waals surface area contributed by atoms with Crippen molar-refractivity contribution in [1.82, 2.24) is 0 Å². The number of hydrogen-bond donors (Lipinski definition) is 1. The molecule has 0 spiro atoms. The molecule has 0 aromatic heterocycles. The molecule has 2 atom stereocenters. The Morgan fingerprint density at radius 3 is 1.03 bits per heavy atom. The van der Waals surface area contributed by atoms with Crippen LogP contribution in [0.3, 0.4) is 0 Å². The van der Waals surface area contributed by atoms with E-state index in [1.54, 1.807) is 0 Å². The van der Waals surface area contributed by atoms with Crippen molar-refractivity contribution < 1.29 is 42.9 Å². The van der Waals surface area contributed by atoms with E-state index in [1.165, 1.54) is 263 Å². The van der Waals surface area contributed by atoms with E-state index < -0.39 is 18.4 Å². The van der Waals surface area contributed by atoms with Crippen LogP contribution in [0.25, 0.3) is 0 Å². The molecule has 0 fully saturated rings. The van der Waals surface area contributed by atoms with E-state index in [4.69, 9.17) is 18.9 Å². The van der Waals surface area contributed by atoms with E-state index >= 15 is 0 Å². The lowest BCUT2D eigenvalue weighted by molar-refractivity contribution is -0.870. The molecule has 0 amide bonds. The lowest BCUT2D eigenvalue weighted by atomic mass is 10.0. The highest BCUT2D eigenvalue weighted by molar-refractivity contribution is 5.71. The third-order valence-electron chi connectivity index (χ3n) is 15.2. The third-order valence-corrected chi connectivity index (χ3v) is 15.2. The van der Waals surface area contributed by atoms with Gasteiger partial charge in [-0.2, -0.15) is 0 Å². The predicted octanol–water partition coefficient (Wildman–Crippen LogP) is 20.2. The summed E-state index contributed by atoms with van der Waals surface area (Å²) in [5, 5.41) is 9.73. The van der Waals surface area contributed by atoms with Gasteiger partial charge in [-0.3, -0.25) is 9.59 Å². The van der Waals surface area contributed by atoms with Crippen LogP contribution in [0.2, 0.25) is 0 Å². The maximum Gasteiger partial charge on any atom is 0.361 e. The van der Waals surface area contributed by atoms with Gasteiger partial charge in [-0.15, -0.1) is 0 Å². The average Bonchev–Trinajstić information content (AvgIpc) is 3.40. The van der Waals surface area contributed by atoms with Gasteiger partial charge in [0.2, 0.25) is 0 Å². The minimum absolute atomic E-state index is 0.176. The van der Waals surface area contributed by atoms with E-state index in [2.05, 4.69) is 38.2 Å². The minimum Gasteiger partial charge on any atom is -0.477 e. The van der Waals surface area contributed by atoms with Gasteiger partial charge in [0.1, 0.15) is 13.2 Å². The normalized spacial score (nSPS) is 12.8. The molecule has 0 radical (unpaired) electrons. The summed E-state index contributed by atoms with van der Waals surface area (Å²) in [5.41, 5.74) is 0. The Labute approximate surface area is 478 Å². The van der Waals surface area contributed by atoms with Crippen molar-refractivity contribution >= 4 is 17.9 Å². The Morgan fingerprint density at radius 1 is 0.390 bits per heavy atom. The summed E-state index contributed by atoms with van der Waals surface area (Å²) in [6.07, 6.45) is 69.9. The highest BCUT2D eigenvalue weighted by atomic mass is 16.7. The number of carbonyl (C=O) groups is 3. The molecule has 0 heterocycles. The quantitative estimate of drug-likeness (QED) is 0.0211. The first-order valence-corrected chi connectivity index (χ1v) is 33.5. The minimum atomic E-state index is -1.51. The summed E-state index contributed by atoms with van der Waals surface area (Å²) in [6, 6.07) is 0. The van der Waals surface area contributed by atoms with Gasteiger partial charge >= 0.3 is 17.9 Å². The van der Waals surface area contributed by atoms with Gasteiger partial charge in [0, 0.05) is 12.8 Å². The van der Waals surface area contributed by atoms with Gasteiger partial charge in [0.25, 0.3) is 6.29 Å². The SMILES string of the molecule is CCCCCCC/C=C\C/C=C\CCCCCCCCCCCCCCCC(=O)OC(COC(=O)CCCCCCCCCCCCCCCCCCCCCCCCCCCCC)COC(OCC[N+](C)(C)C)C(=O)O. The van der Waals surface area contributed by atoms with Crippen molar-refractivity contribution in [2.75, 3.05) is 47.5 Å². The third kappa shape index (κ3) is 61.2. The maximum atomic E-state index is 12.9. The number of unbranched alkanes of at least 4 members (excludes halogenated alkanes) is 44. The second-order valence-corrected chi connectivity index (χ2v) is 24.1. The Morgan fingerprint density at radius 2 is 0.701 bits per heavy atom. The first-order chi connectivity index (χ1) is 37.6. The number of carboxylic acid groups (broad SMARTS) is 1. The molecule has 0 aromatic rings. The smallest absolute Gasteiger partial charge is 0.361 e. The topological polar surface area (TPSA) is 108 Å². The molecule has 9 nitrogen and oxygen atoms in total. The van der Waals surface area contributed by atoms with Crippen LogP contribution in [-0.2, 0) is 33.3 Å². The number of carbonyl (C=O) groups excluding carboxylic acids is 2. The van der Waals surface area contributed by atoms with Gasteiger partial charge in [-0.25, -0.2) is 4.79 Å². The molecule has 0 aliphatic heterocycles. The van der Waals surface area contributed by atoms with Crippen molar-refractivity contribution in [1.29, 1.82) is 0 Å². The van der Waals surface area contributed by atoms with Gasteiger partial charge in [-0.05, 0) is 44.9 Å². The van der Waals surface area contributed by atoms with Crippen molar-refractivity contribution in [3.63, 3.8) is 0 Å². The lowest BCUT2D eigenvalue weighted by Crippen LogP contribution is -2.40. The largest absolute Gasteiger partial charge is 0.477 e. The number of quaternary nitrogens is 1. The van der Waals surface area contributed by atoms with Crippen molar-refractivity contribution in [3.05, 3.63) is 24.3 Å². The fourth-order valence-electron chi connectivity index (χ4n) is 10.0. The summed E-state index contributed by atoms with van der Waals surface area (Å²) in [7, 11) is 5.99. The summed E-state index contributed by atoms with van der Waals surface area (Å²) < 4.78 is 23.0. The standard InChI is InChI=1S/C68H129NO8/c1-6-8-10-12-14-16-18-20-22-24-26-28-30-32-33-35-36-38-40-42-44-46-48-50-52-54-56-58-65(70)75-62-64(63-76-68(67(72)73)74-61-60-69(3,4)5)77-66(71)59-57-55-53-51-49-47-45-43-41-39-37-34-31-29-27-25-23-21-19-17-15-13-11-9-7-2/h19,21,25,27,64,68H,6-18,20,22-24,26,28-63H2,1-5H3/p+1/b21-19-,27-25-. The number of aliphatic carboxylic acids is 1. The molecular formula is C68H130NO8+. The number of esters is 2. The van der Waals surface area contributed by atoms with E-state index in [0.29, 0.717) is 17.4 Å². The molecule has 0 saturated carbocycles. The zero-order chi connectivity index (χ0) is 56.2. The Hall–Kier alpha value is -2.23. The fraction of sp³-hybridized carbons (Fsp3) is 0.897. The summed E-state index contributed by atoms with van der Waals surface area (Å²) >= 11 is 0. The average molecular weight is 1090 g/mol. The van der Waals surface area contributed by atoms with Crippen LogP contribution >= 0.6 is 0 Å². The highest BCUT2D eigenvalue weighted by Gasteiger charge is 2.25. The van der Waals surface area contributed by atoms with Crippen molar-refractivity contribution in [3.8, 4) is 0 Å². The molecule has 2 unspecified atom stereocenters. The van der Waals surface area contributed by atoms with Crippen molar-refractivity contribution in [2.45, 2.75) is 347 Å². The van der Waals surface area contributed by atoms with Crippen LogP contribution in [0.1, 0.15) is 335 Å². The first-order valence-electron chi connectivity index (χ1n) is 33.5. The molecular weight excluding hydrogens is 959 g/mol. The fourth-order valence-corrected chi connectivity index (χ4v) is 10.0. The highest BCUT2D eigenvalue weighted by Crippen LogP contribution is 2.18. The first kappa shape index (κ1) is 74.8. The van der Waals surface area contributed by atoms with E-state index in [1.807, 2.05) is 21.1 Å². The second kappa shape index (κ2) is 59.9. The molecule has 1 N–H and O–H groups in total. The molecule has 0 aliphatic rings. The number of rotatable bonds is 63. The molecule has 0 aromatic carbocycles. The van der Waals surface area contributed by atoms with E-state index in [9.17, 15) is 19.5 Å². The van der Waals surface area contributed by atoms with Crippen LogP contribution < -0.4 is 0 Å². The monoisotopic (exact) mass is 1090 g/mol. The second-order valence-electron chi connectivity index (χ2n) is 24.1. The van der Waals surface area contributed by atoms with Crippen LogP contribution in [0.15, 0.2) is 24.3 Å². The maximum absolute atomic E-state index is 12.9. The molecule has 454 valence electrons. The summed E-state index contributed by atoms with van der Waals surface area (Å²) in [4.78, 5) is 37.6.